The van der Waals surface area contributed by atoms with E-state index in [1.165, 1.54) is 11.6 Å². The summed E-state index contributed by atoms with van der Waals surface area (Å²) in [6.07, 6.45) is 9.56. The van der Waals surface area contributed by atoms with Gasteiger partial charge in [0.05, 0.1) is 35.1 Å². The zero-order chi connectivity index (χ0) is 30.5. The van der Waals surface area contributed by atoms with Crippen LogP contribution in [0.1, 0.15) is 50.3 Å². The molecule has 1 aromatic carbocycles. The number of fused-ring (bicyclic) bond motifs is 2. The highest BCUT2D eigenvalue weighted by atomic mass is 32.1. The number of aromatic nitrogens is 4. The van der Waals surface area contributed by atoms with Crippen LogP contribution in [0, 0.1) is 0 Å². The van der Waals surface area contributed by atoms with Gasteiger partial charge in [0, 0.05) is 67.7 Å². The Morgan fingerprint density at radius 1 is 1.07 bits per heavy atom. The monoisotopic (exact) mass is 612 g/mol. The first-order valence-corrected chi connectivity index (χ1v) is 16.0. The Morgan fingerprint density at radius 3 is 2.73 bits per heavy atom. The Hall–Kier alpha value is -4.22. The van der Waals surface area contributed by atoms with Crippen LogP contribution in [0.2, 0.25) is 0 Å². The zero-order valence-corrected chi connectivity index (χ0v) is 25.7. The maximum atomic E-state index is 12.9. The van der Waals surface area contributed by atoms with E-state index in [0.29, 0.717) is 51.4 Å². The second kappa shape index (κ2) is 13.6. The molecule has 3 aromatic heterocycles. The molecule has 0 unspecified atom stereocenters. The average Bonchev–Trinajstić information content (AvgIpc) is 3.71. The Balaban J connectivity index is 1.16. The van der Waals surface area contributed by atoms with Crippen molar-refractivity contribution in [3.05, 3.63) is 53.6 Å². The summed E-state index contributed by atoms with van der Waals surface area (Å²) in [6, 6.07) is 8.16. The van der Waals surface area contributed by atoms with Crippen molar-refractivity contribution in [2.75, 3.05) is 44.3 Å². The normalized spacial score (nSPS) is 15.8. The third kappa shape index (κ3) is 6.63. The highest BCUT2D eigenvalue weighted by Crippen LogP contribution is 2.39. The first-order valence-electron chi connectivity index (χ1n) is 15.2. The van der Waals surface area contributed by atoms with Crippen LogP contribution >= 0.6 is 11.3 Å². The quantitative estimate of drug-likeness (QED) is 0.225. The molecule has 0 saturated carbocycles. The van der Waals surface area contributed by atoms with Crippen molar-refractivity contribution in [3.8, 4) is 11.4 Å². The van der Waals surface area contributed by atoms with Gasteiger partial charge in [-0.3, -0.25) is 19.5 Å². The molecule has 44 heavy (non-hydrogen) atoms. The fourth-order valence-corrected chi connectivity index (χ4v) is 6.91. The molecule has 11 heteroatoms. The van der Waals surface area contributed by atoms with Crippen LogP contribution in [0.3, 0.4) is 0 Å². The van der Waals surface area contributed by atoms with Crippen LogP contribution in [-0.4, -0.2) is 81.9 Å². The van der Waals surface area contributed by atoms with Crippen LogP contribution in [0.4, 0.5) is 5.82 Å². The molecule has 0 spiro atoms. The molecule has 1 amide bonds. The number of ketones is 2. The molecule has 1 N–H and O–H groups in total. The standard InChI is InChI=1S/C33H36N6O4S/c1-2-5-23(40)6-3-7-24(41)10-11-30(42)38-14-12-22(13-15-38)29-20-28-31(44-29)33(39-16-18-43-19-17-39)36-32(35-28)25-8-4-9-27-26(25)21-34-37-27/h2,4-5,8-9,12,20-21H,3,6-7,10-11,13-19H2,1H3,(H,34,37)/b5-2+. The molecule has 0 aliphatic carbocycles. The average molecular weight is 613 g/mol. The topological polar surface area (TPSA) is 121 Å². The van der Waals surface area contributed by atoms with Crippen LogP contribution in [-0.2, 0) is 19.1 Å². The summed E-state index contributed by atoms with van der Waals surface area (Å²) in [7, 11) is 0. The lowest BCUT2D eigenvalue weighted by Crippen LogP contribution is -2.36. The lowest BCUT2D eigenvalue weighted by Gasteiger charge is -2.28. The number of Topliss-reactive ketones (excluding diaryl/α,β-unsaturated/α-hetero) is 1. The largest absolute Gasteiger partial charge is 0.378 e. The number of hydrogen-bond donors (Lipinski definition) is 1. The van der Waals surface area contributed by atoms with Crippen molar-refractivity contribution in [2.24, 2.45) is 0 Å². The first kappa shape index (κ1) is 29.8. The number of carbonyl (C=O) groups excluding carboxylic acids is 3. The molecule has 2 aliphatic heterocycles. The number of thiophene rings is 1. The van der Waals surface area contributed by atoms with E-state index in [1.54, 1.807) is 24.3 Å². The molecule has 1 fully saturated rings. The maximum Gasteiger partial charge on any atom is 0.223 e. The Kier molecular flexibility index (Phi) is 9.23. The van der Waals surface area contributed by atoms with Crippen LogP contribution in [0.5, 0.6) is 0 Å². The van der Waals surface area contributed by atoms with Gasteiger partial charge in [-0.1, -0.05) is 24.3 Å². The van der Waals surface area contributed by atoms with E-state index in [1.807, 2.05) is 29.3 Å². The number of carbonyl (C=O) groups is 3. The van der Waals surface area contributed by atoms with Gasteiger partial charge in [-0.2, -0.15) is 5.10 Å². The number of rotatable bonds is 11. The highest BCUT2D eigenvalue weighted by molar-refractivity contribution is 7.20. The summed E-state index contributed by atoms with van der Waals surface area (Å²) in [5, 5.41) is 8.24. The second-order valence-electron chi connectivity index (χ2n) is 11.1. The molecule has 1 saturated heterocycles. The summed E-state index contributed by atoms with van der Waals surface area (Å²) < 4.78 is 6.67. The summed E-state index contributed by atoms with van der Waals surface area (Å²) in [5.74, 6) is 1.65. The van der Waals surface area contributed by atoms with Crippen LogP contribution < -0.4 is 4.90 Å². The summed E-state index contributed by atoms with van der Waals surface area (Å²) in [4.78, 5) is 52.1. The molecule has 5 heterocycles. The molecule has 6 rings (SSSR count). The summed E-state index contributed by atoms with van der Waals surface area (Å²) >= 11 is 1.70. The number of ether oxygens (including phenoxy) is 1. The van der Waals surface area contributed by atoms with Crippen LogP contribution in [0.15, 0.2) is 48.7 Å². The number of aromatic amines is 1. The van der Waals surface area contributed by atoms with E-state index in [0.717, 1.165) is 56.9 Å². The summed E-state index contributed by atoms with van der Waals surface area (Å²) in [5.41, 5.74) is 3.98. The Labute approximate surface area is 259 Å². The molecular weight excluding hydrogens is 576 g/mol. The highest BCUT2D eigenvalue weighted by Gasteiger charge is 2.24. The minimum Gasteiger partial charge on any atom is -0.378 e. The molecule has 10 nitrogen and oxygen atoms in total. The van der Waals surface area contributed by atoms with E-state index >= 15 is 0 Å². The van der Waals surface area contributed by atoms with Crippen molar-refractivity contribution in [3.63, 3.8) is 0 Å². The van der Waals surface area contributed by atoms with Gasteiger partial charge in [-0.15, -0.1) is 11.3 Å². The third-order valence-electron chi connectivity index (χ3n) is 8.12. The molecule has 2 aliphatic rings. The lowest BCUT2D eigenvalue weighted by atomic mass is 10.0. The number of nitrogens with zero attached hydrogens (tertiary/aromatic N) is 5. The number of allylic oxidation sites excluding steroid dienone is 2. The SMILES string of the molecule is C/C=C/C(=O)CCCC(=O)CCC(=O)N1CC=C(c2cc3nc(-c4cccc5[nH]ncc45)nc(N4CCOCC4)c3s2)CC1. The third-order valence-corrected chi connectivity index (χ3v) is 9.31. The number of morpholine rings is 1. The lowest BCUT2D eigenvalue weighted by molar-refractivity contribution is -0.133. The molecular formula is C33H36N6O4S. The molecule has 228 valence electrons. The van der Waals surface area contributed by atoms with Gasteiger partial charge in [-0.25, -0.2) is 9.97 Å². The summed E-state index contributed by atoms with van der Waals surface area (Å²) in [6.45, 7) is 5.79. The zero-order valence-electron chi connectivity index (χ0n) is 24.9. The predicted molar refractivity (Wildman–Crippen MR) is 173 cm³/mol. The van der Waals surface area contributed by atoms with Crippen LogP contribution in [0.25, 0.3) is 38.1 Å². The number of H-pyrrole nitrogens is 1. The number of benzene rings is 1. The van der Waals surface area contributed by atoms with Crippen molar-refractivity contribution >= 4 is 61.3 Å². The maximum absolute atomic E-state index is 12.9. The number of amides is 1. The minimum atomic E-state index is -0.00600. The van der Waals surface area contributed by atoms with E-state index in [4.69, 9.17) is 14.7 Å². The Morgan fingerprint density at radius 2 is 1.93 bits per heavy atom. The van der Waals surface area contributed by atoms with Gasteiger partial charge in [0.25, 0.3) is 0 Å². The molecule has 4 aromatic rings. The van der Waals surface area contributed by atoms with E-state index < -0.39 is 0 Å². The van der Waals surface area contributed by atoms with E-state index in [9.17, 15) is 14.4 Å². The predicted octanol–water partition coefficient (Wildman–Crippen LogP) is 5.35. The van der Waals surface area contributed by atoms with Gasteiger partial charge < -0.3 is 14.5 Å². The fraction of sp³-hybridized carbons (Fsp3) is 0.394. The van der Waals surface area contributed by atoms with Gasteiger partial charge in [0.2, 0.25) is 5.91 Å². The molecule has 0 bridgehead atoms. The van der Waals surface area contributed by atoms with Crippen molar-refractivity contribution < 1.29 is 19.1 Å². The first-order chi connectivity index (χ1) is 21.5. The van der Waals surface area contributed by atoms with Gasteiger partial charge in [0.15, 0.2) is 17.4 Å². The molecule has 0 atom stereocenters. The second-order valence-corrected chi connectivity index (χ2v) is 12.2. The van der Waals surface area contributed by atoms with Crippen molar-refractivity contribution in [1.29, 1.82) is 0 Å². The van der Waals surface area contributed by atoms with Gasteiger partial charge in [0.1, 0.15) is 5.78 Å². The number of hydrogen-bond acceptors (Lipinski definition) is 9. The Bertz CT molecular complexity index is 1750. The van der Waals surface area contributed by atoms with Crippen molar-refractivity contribution in [2.45, 2.75) is 45.4 Å². The number of nitrogens with one attached hydrogen (secondary N) is 1. The number of anilines is 1. The van der Waals surface area contributed by atoms with Crippen molar-refractivity contribution in [1.82, 2.24) is 25.1 Å². The smallest absolute Gasteiger partial charge is 0.223 e. The molecule has 0 radical (unpaired) electrons. The minimum absolute atomic E-state index is 0.00600. The van der Waals surface area contributed by atoms with E-state index in [2.05, 4.69) is 27.2 Å². The van der Waals surface area contributed by atoms with Gasteiger partial charge in [-0.05, 0) is 43.5 Å². The van der Waals surface area contributed by atoms with E-state index in [-0.39, 0.29) is 30.3 Å². The fourth-order valence-electron chi connectivity index (χ4n) is 5.72. The van der Waals surface area contributed by atoms with Gasteiger partial charge >= 0.3 is 0 Å².